The maximum atomic E-state index is 13.1. The van der Waals surface area contributed by atoms with Gasteiger partial charge >= 0.3 is 6.09 Å². The molecule has 0 fully saturated rings. The van der Waals surface area contributed by atoms with Gasteiger partial charge in [0.25, 0.3) is 5.91 Å². The molecular formula is C21H33N5O5S. The van der Waals surface area contributed by atoms with E-state index in [1.54, 1.807) is 0 Å². The van der Waals surface area contributed by atoms with Gasteiger partial charge in [-0.15, -0.1) is 0 Å². The Morgan fingerprint density at radius 3 is 2.06 bits per heavy atom. The number of hydrogen-bond acceptors (Lipinski definition) is 6. The maximum absolute atomic E-state index is 13.1. The molecule has 0 bridgehead atoms. The van der Waals surface area contributed by atoms with Gasteiger partial charge < -0.3 is 21.1 Å². The highest BCUT2D eigenvalue weighted by molar-refractivity contribution is 7.98. The normalized spacial score (nSPS) is 13.5. The van der Waals surface area contributed by atoms with Gasteiger partial charge in [0, 0.05) is 6.42 Å². The van der Waals surface area contributed by atoms with Crippen LogP contribution in [0.3, 0.4) is 0 Å². The number of nitrogens with two attached hydrogens (primary N) is 1. The fourth-order valence-corrected chi connectivity index (χ4v) is 3.53. The third-order valence-corrected chi connectivity index (χ3v) is 5.27. The number of hydrogen-bond donors (Lipinski definition) is 6. The van der Waals surface area contributed by atoms with E-state index in [4.69, 9.17) is 10.9 Å². The van der Waals surface area contributed by atoms with E-state index in [0.717, 1.165) is 5.56 Å². The first kappa shape index (κ1) is 27.2. The van der Waals surface area contributed by atoms with Crippen molar-refractivity contribution in [2.24, 2.45) is 11.8 Å². The molecule has 178 valence electrons. The van der Waals surface area contributed by atoms with E-state index < -0.39 is 41.9 Å². The van der Waals surface area contributed by atoms with Gasteiger partial charge in [-0.1, -0.05) is 44.2 Å². The van der Waals surface area contributed by atoms with Gasteiger partial charge in [-0.25, -0.2) is 10.6 Å². The molecule has 0 aromatic heterocycles. The van der Waals surface area contributed by atoms with Crippen LogP contribution in [-0.2, 0) is 20.8 Å². The molecule has 0 saturated carbocycles. The van der Waals surface area contributed by atoms with E-state index >= 15 is 0 Å². The van der Waals surface area contributed by atoms with Gasteiger partial charge in [-0.2, -0.15) is 11.8 Å². The lowest BCUT2D eigenvalue weighted by molar-refractivity contribution is -0.132. The van der Waals surface area contributed by atoms with Crippen molar-refractivity contribution in [2.75, 3.05) is 12.0 Å². The largest absolute Gasteiger partial charge is 0.465 e. The summed E-state index contributed by atoms with van der Waals surface area (Å²) in [6.45, 7) is 3.72. The molecule has 0 spiro atoms. The van der Waals surface area contributed by atoms with Crippen LogP contribution in [0.15, 0.2) is 30.3 Å². The highest BCUT2D eigenvalue weighted by atomic mass is 32.2. The van der Waals surface area contributed by atoms with Crippen LogP contribution >= 0.6 is 11.8 Å². The maximum Gasteiger partial charge on any atom is 0.405 e. The molecule has 0 aliphatic heterocycles. The predicted octanol–water partition coefficient (Wildman–Crippen LogP) is 0.624. The van der Waals surface area contributed by atoms with Crippen LogP contribution in [0.25, 0.3) is 0 Å². The Labute approximate surface area is 192 Å². The van der Waals surface area contributed by atoms with Crippen molar-refractivity contribution >= 4 is 35.6 Å². The zero-order valence-corrected chi connectivity index (χ0v) is 19.4. The third kappa shape index (κ3) is 10.0. The summed E-state index contributed by atoms with van der Waals surface area (Å²) in [5.74, 6) is 4.20. The average Bonchev–Trinajstić information content (AvgIpc) is 2.74. The van der Waals surface area contributed by atoms with Crippen LogP contribution in [0.2, 0.25) is 0 Å². The Bertz CT molecular complexity index is 762. The molecule has 11 heteroatoms. The minimum Gasteiger partial charge on any atom is -0.465 e. The lowest BCUT2D eigenvalue weighted by Gasteiger charge is -2.25. The second-order valence-corrected chi connectivity index (χ2v) is 8.72. The summed E-state index contributed by atoms with van der Waals surface area (Å²) in [7, 11) is 0. The summed E-state index contributed by atoms with van der Waals surface area (Å²) in [6, 6.07) is 6.17. The molecule has 1 rings (SSSR count). The van der Waals surface area contributed by atoms with Gasteiger partial charge in [0.2, 0.25) is 11.8 Å². The molecule has 3 atom stereocenters. The number of carbonyl (C=O) groups excluding carboxylic acids is 3. The van der Waals surface area contributed by atoms with E-state index in [1.165, 1.54) is 11.8 Å². The molecule has 7 N–H and O–H groups in total. The molecule has 1 aromatic rings. The number of hydrazine groups is 1. The molecule has 0 aliphatic rings. The number of benzene rings is 1. The van der Waals surface area contributed by atoms with E-state index in [-0.39, 0.29) is 18.8 Å². The lowest BCUT2D eigenvalue weighted by atomic mass is 10.0. The molecule has 4 amide bonds. The Hall–Kier alpha value is -2.79. The van der Waals surface area contributed by atoms with Gasteiger partial charge in [0.1, 0.15) is 18.1 Å². The molecule has 0 heterocycles. The summed E-state index contributed by atoms with van der Waals surface area (Å²) in [5, 5.41) is 16.6. The second kappa shape index (κ2) is 14.3. The number of amides is 4. The van der Waals surface area contributed by atoms with Crippen LogP contribution in [0.1, 0.15) is 32.3 Å². The minimum absolute atomic E-state index is 0.0446. The van der Waals surface area contributed by atoms with E-state index in [0.29, 0.717) is 12.2 Å². The zero-order chi connectivity index (χ0) is 24.1. The van der Waals surface area contributed by atoms with Crippen LogP contribution < -0.4 is 27.2 Å². The molecule has 3 unspecified atom stereocenters. The zero-order valence-electron chi connectivity index (χ0n) is 18.6. The quantitative estimate of drug-likeness (QED) is 0.141. The summed E-state index contributed by atoms with van der Waals surface area (Å²) >= 11 is 1.52. The summed E-state index contributed by atoms with van der Waals surface area (Å²) in [6.07, 6.45) is 1.34. The minimum atomic E-state index is -1.33. The number of rotatable bonds is 13. The summed E-state index contributed by atoms with van der Waals surface area (Å²) < 4.78 is 0. The van der Waals surface area contributed by atoms with Crippen molar-refractivity contribution in [1.82, 2.24) is 21.4 Å². The average molecular weight is 468 g/mol. The van der Waals surface area contributed by atoms with Gasteiger partial charge in [0.15, 0.2) is 0 Å². The monoisotopic (exact) mass is 467 g/mol. The first-order valence-electron chi connectivity index (χ1n) is 10.3. The second-order valence-electron chi connectivity index (χ2n) is 7.73. The van der Waals surface area contributed by atoms with Crippen LogP contribution in [0.5, 0.6) is 0 Å². The number of nitrogens with one attached hydrogen (secondary N) is 4. The van der Waals surface area contributed by atoms with Gasteiger partial charge in [-0.3, -0.25) is 19.8 Å². The fraction of sp³-hybridized carbons (Fsp3) is 0.524. The SMILES string of the molecule is CSCCC(NC(=O)C(Cc1ccccc1)NC(=O)C(CC(C)C)NC(=O)O)C(=O)NN. The first-order valence-corrected chi connectivity index (χ1v) is 11.7. The van der Waals surface area contributed by atoms with Crippen molar-refractivity contribution in [3.63, 3.8) is 0 Å². The standard InChI is InChI=1S/C21H33N5O5S/c1-13(2)11-16(25-21(30)31)18(27)24-17(12-14-7-5-4-6-8-14)19(28)23-15(9-10-32-3)20(29)26-22/h4-8,13,15-17,25H,9-12,22H2,1-3H3,(H,23,28)(H,24,27)(H,26,29)(H,30,31). The smallest absolute Gasteiger partial charge is 0.405 e. The number of thioether (sulfide) groups is 1. The molecule has 0 radical (unpaired) electrons. The molecule has 0 aliphatic carbocycles. The molecular weight excluding hydrogens is 434 g/mol. The van der Waals surface area contributed by atoms with Crippen molar-refractivity contribution in [3.05, 3.63) is 35.9 Å². The summed E-state index contributed by atoms with van der Waals surface area (Å²) in [5.41, 5.74) is 2.84. The Morgan fingerprint density at radius 2 is 1.53 bits per heavy atom. The third-order valence-electron chi connectivity index (χ3n) is 4.62. The van der Waals surface area contributed by atoms with Gasteiger partial charge in [0.05, 0.1) is 0 Å². The highest BCUT2D eigenvalue weighted by Crippen LogP contribution is 2.09. The fourth-order valence-electron chi connectivity index (χ4n) is 3.06. The first-order chi connectivity index (χ1) is 15.2. The Morgan fingerprint density at radius 1 is 0.938 bits per heavy atom. The van der Waals surface area contributed by atoms with Crippen LogP contribution in [0.4, 0.5) is 4.79 Å². The van der Waals surface area contributed by atoms with Crippen molar-refractivity contribution in [3.8, 4) is 0 Å². The van der Waals surface area contributed by atoms with Gasteiger partial charge in [-0.05, 0) is 36.3 Å². The topological polar surface area (TPSA) is 163 Å². The van der Waals surface area contributed by atoms with Crippen LogP contribution in [-0.4, -0.2) is 59.1 Å². The predicted molar refractivity (Wildman–Crippen MR) is 124 cm³/mol. The van der Waals surface area contributed by atoms with E-state index in [9.17, 15) is 19.2 Å². The lowest BCUT2D eigenvalue weighted by Crippen LogP contribution is -2.58. The van der Waals surface area contributed by atoms with E-state index in [2.05, 4.69) is 16.0 Å². The Kier molecular flexibility index (Phi) is 12.2. The Balaban J connectivity index is 3.06. The van der Waals surface area contributed by atoms with Crippen LogP contribution in [0, 0.1) is 5.92 Å². The van der Waals surface area contributed by atoms with Crippen molar-refractivity contribution in [2.45, 2.75) is 51.2 Å². The molecule has 1 aromatic carbocycles. The van der Waals surface area contributed by atoms with Crippen molar-refractivity contribution in [1.29, 1.82) is 0 Å². The highest BCUT2D eigenvalue weighted by Gasteiger charge is 2.30. The van der Waals surface area contributed by atoms with E-state index in [1.807, 2.05) is 55.9 Å². The number of carbonyl (C=O) groups is 4. The number of carboxylic acid groups (broad SMARTS) is 1. The molecule has 32 heavy (non-hydrogen) atoms. The molecule has 0 saturated heterocycles. The van der Waals surface area contributed by atoms with Crippen molar-refractivity contribution < 1.29 is 24.3 Å². The molecule has 10 nitrogen and oxygen atoms in total. The summed E-state index contributed by atoms with van der Waals surface area (Å²) in [4.78, 5) is 49.1.